The number of methoxy groups -OCH3 is 1. The minimum atomic E-state index is -1.58. The van der Waals surface area contributed by atoms with Gasteiger partial charge in [0.1, 0.15) is 16.9 Å². The van der Waals surface area contributed by atoms with E-state index >= 15 is 0 Å². The van der Waals surface area contributed by atoms with Gasteiger partial charge in [-0.05, 0) is 75.1 Å². The van der Waals surface area contributed by atoms with Crippen LogP contribution in [0.1, 0.15) is 85.1 Å². The molecule has 10 nitrogen and oxygen atoms in total. The predicted molar refractivity (Wildman–Crippen MR) is 192 cm³/mol. The first-order chi connectivity index (χ1) is 22.3. The van der Waals surface area contributed by atoms with Crippen LogP contribution in [0.15, 0.2) is 61.1 Å². The summed E-state index contributed by atoms with van der Waals surface area (Å²) < 4.78 is 17.3. The summed E-state index contributed by atoms with van der Waals surface area (Å²) in [6.07, 6.45) is 8.59. The van der Waals surface area contributed by atoms with E-state index in [1.807, 2.05) is 39.0 Å². The summed E-state index contributed by atoms with van der Waals surface area (Å²) in [4.78, 5) is 50.2. The fourth-order valence-corrected chi connectivity index (χ4v) is 5.59. The van der Waals surface area contributed by atoms with E-state index in [4.69, 9.17) is 25.3 Å². The third-order valence-electron chi connectivity index (χ3n) is 7.85. The quantitative estimate of drug-likeness (QED) is 0.141. The van der Waals surface area contributed by atoms with Crippen LogP contribution in [0.2, 0.25) is 5.15 Å². The van der Waals surface area contributed by atoms with Crippen molar-refractivity contribution in [2.24, 2.45) is 0 Å². The van der Waals surface area contributed by atoms with Crippen LogP contribution in [0, 0.1) is 0 Å². The molecular weight excluding hydrogens is 652 g/mol. The Morgan fingerprint density at radius 3 is 2.15 bits per heavy atom. The minimum Gasteiger partial charge on any atom is -0.465 e. The molecule has 0 saturated heterocycles. The highest BCUT2D eigenvalue weighted by molar-refractivity contribution is 8.29. The average Bonchev–Trinajstić information content (AvgIpc) is 3.01. The van der Waals surface area contributed by atoms with E-state index in [0.29, 0.717) is 34.8 Å². The SMILES string of the molecule is COC(=O)c1cncc(CN(C)C(=O)c2ccc(CCN(CC(OS(C)(C)C(C)(C)C)c3ccc(Cl)nc3)C(=O)OC(C)(C)C)cc2)c1. The molecule has 48 heavy (non-hydrogen) atoms. The highest BCUT2D eigenvalue weighted by Gasteiger charge is 2.34. The molecule has 0 N–H and O–H groups in total. The number of benzene rings is 1. The lowest BCUT2D eigenvalue weighted by molar-refractivity contribution is 0.0177. The lowest BCUT2D eigenvalue weighted by Crippen LogP contribution is -2.41. The molecule has 2 heterocycles. The number of pyridine rings is 2. The summed E-state index contributed by atoms with van der Waals surface area (Å²) in [5, 5.41) is 0.377. The van der Waals surface area contributed by atoms with Crippen molar-refractivity contribution in [3.05, 3.63) is 94.0 Å². The molecule has 0 bridgehead atoms. The van der Waals surface area contributed by atoms with Crippen molar-refractivity contribution in [2.75, 3.05) is 39.8 Å². The number of carbonyl (C=O) groups excluding carboxylic acids is 3. The number of hydrogen-bond acceptors (Lipinski definition) is 8. The third kappa shape index (κ3) is 11.2. The first kappa shape index (κ1) is 38.8. The Kier molecular flexibility index (Phi) is 13.0. The largest absolute Gasteiger partial charge is 0.465 e. The molecule has 2 aromatic heterocycles. The Hall–Kier alpha value is -3.67. The van der Waals surface area contributed by atoms with Gasteiger partial charge in [0, 0.05) is 54.6 Å². The number of esters is 1. The van der Waals surface area contributed by atoms with Crippen LogP contribution in [0.5, 0.6) is 0 Å². The molecule has 0 radical (unpaired) electrons. The van der Waals surface area contributed by atoms with Crippen LogP contribution < -0.4 is 0 Å². The Morgan fingerprint density at radius 2 is 1.58 bits per heavy atom. The van der Waals surface area contributed by atoms with Gasteiger partial charge in [0.25, 0.3) is 5.91 Å². The summed E-state index contributed by atoms with van der Waals surface area (Å²) in [6, 6.07) is 12.6. The molecule has 0 aliphatic heterocycles. The molecule has 1 unspecified atom stereocenters. The molecule has 0 aliphatic carbocycles. The maximum absolute atomic E-state index is 13.5. The highest BCUT2D eigenvalue weighted by Crippen LogP contribution is 2.56. The maximum Gasteiger partial charge on any atom is 0.410 e. The summed E-state index contributed by atoms with van der Waals surface area (Å²) in [5.74, 6) is -0.667. The molecule has 3 rings (SSSR count). The van der Waals surface area contributed by atoms with Crippen LogP contribution in [0.4, 0.5) is 4.79 Å². The van der Waals surface area contributed by atoms with Gasteiger partial charge < -0.3 is 23.5 Å². The number of aromatic nitrogens is 2. The summed E-state index contributed by atoms with van der Waals surface area (Å²) >= 11 is 6.10. The number of ether oxygens (including phenoxy) is 2. The monoisotopic (exact) mass is 700 g/mol. The second-order valence-electron chi connectivity index (χ2n) is 14.0. The molecule has 12 heteroatoms. The van der Waals surface area contributed by atoms with Crippen molar-refractivity contribution in [2.45, 2.75) is 71.0 Å². The van der Waals surface area contributed by atoms with Crippen LogP contribution >= 0.6 is 21.9 Å². The molecule has 0 saturated carbocycles. The number of amides is 2. The lowest BCUT2D eigenvalue weighted by atomic mass is 10.1. The van der Waals surface area contributed by atoms with E-state index in [1.165, 1.54) is 13.3 Å². The predicted octanol–water partition coefficient (Wildman–Crippen LogP) is 7.50. The topological polar surface area (TPSA) is 111 Å². The van der Waals surface area contributed by atoms with Gasteiger partial charge in [-0.1, -0.05) is 50.6 Å². The molecule has 262 valence electrons. The second-order valence-corrected chi connectivity index (χ2v) is 18.2. The fraction of sp³-hybridized carbons (Fsp3) is 0.472. The zero-order valence-electron chi connectivity index (χ0n) is 29.7. The number of nitrogens with zero attached hydrogens (tertiary/aromatic N) is 4. The Labute approximate surface area is 291 Å². The number of halogens is 1. The van der Waals surface area contributed by atoms with Crippen molar-refractivity contribution < 1.29 is 28.0 Å². The van der Waals surface area contributed by atoms with Crippen molar-refractivity contribution in [3.8, 4) is 0 Å². The Morgan fingerprint density at radius 1 is 0.917 bits per heavy atom. The molecule has 0 fully saturated rings. The third-order valence-corrected chi connectivity index (χ3v) is 11.7. The first-order valence-corrected chi connectivity index (χ1v) is 18.4. The van der Waals surface area contributed by atoms with E-state index in [9.17, 15) is 14.4 Å². The summed E-state index contributed by atoms with van der Waals surface area (Å²) in [6.45, 7) is 12.8. The van der Waals surface area contributed by atoms with Crippen LogP contribution in [0.25, 0.3) is 0 Å². The molecule has 1 atom stereocenters. The van der Waals surface area contributed by atoms with E-state index in [1.54, 1.807) is 53.5 Å². The number of rotatable bonds is 12. The summed E-state index contributed by atoms with van der Waals surface area (Å²) in [7, 11) is 1.42. The minimum absolute atomic E-state index is 0.112. The van der Waals surface area contributed by atoms with Crippen molar-refractivity contribution >= 4 is 39.9 Å². The van der Waals surface area contributed by atoms with Crippen LogP contribution in [-0.4, -0.2) is 87.8 Å². The highest BCUT2D eigenvalue weighted by atomic mass is 35.5. The van der Waals surface area contributed by atoms with Gasteiger partial charge in [-0.2, -0.15) is 0 Å². The van der Waals surface area contributed by atoms with Crippen molar-refractivity contribution in [3.63, 3.8) is 0 Å². The van der Waals surface area contributed by atoms with Gasteiger partial charge in [-0.15, -0.1) is 10.3 Å². The Bertz CT molecular complexity index is 1550. The lowest BCUT2D eigenvalue weighted by Gasteiger charge is -2.46. The maximum atomic E-state index is 13.5. The van der Waals surface area contributed by atoms with Gasteiger partial charge in [0.2, 0.25) is 0 Å². The van der Waals surface area contributed by atoms with Crippen molar-refractivity contribution in [1.82, 2.24) is 19.8 Å². The van der Waals surface area contributed by atoms with Crippen LogP contribution in [0.3, 0.4) is 0 Å². The van der Waals surface area contributed by atoms with E-state index in [2.05, 4.69) is 43.3 Å². The van der Waals surface area contributed by atoms with E-state index in [0.717, 1.165) is 11.1 Å². The van der Waals surface area contributed by atoms with Gasteiger partial charge in [-0.25, -0.2) is 14.6 Å². The zero-order chi connectivity index (χ0) is 35.9. The molecule has 3 aromatic rings. The molecule has 2 amide bonds. The Balaban J connectivity index is 1.78. The fourth-order valence-electron chi connectivity index (χ4n) is 4.44. The zero-order valence-corrected chi connectivity index (χ0v) is 31.3. The molecule has 1 aromatic carbocycles. The number of hydrogen-bond donors (Lipinski definition) is 0. The smallest absolute Gasteiger partial charge is 0.410 e. The van der Waals surface area contributed by atoms with Crippen molar-refractivity contribution in [1.29, 1.82) is 0 Å². The van der Waals surface area contributed by atoms with Gasteiger partial charge >= 0.3 is 12.1 Å². The van der Waals surface area contributed by atoms with Gasteiger partial charge in [0.05, 0.1) is 19.2 Å². The van der Waals surface area contributed by atoms with E-state index < -0.39 is 34.1 Å². The average molecular weight is 701 g/mol. The number of carbonyl (C=O) groups is 3. The normalized spacial score (nSPS) is 13.0. The van der Waals surface area contributed by atoms with Crippen LogP contribution in [-0.2, 0) is 26.6 Å². The second kappa shape index (κ2) is 16.2. The summed E-state index contributed by atoms with van der Waals surface area (Å²) in [5.41, 5.74) is 2.62. The van der Waals surface area contributed by atoms with E-state index in [-0.39, 0.29) is 23.7 Å². The molecule has 0 aliphatic rings. The standard InChI is InChI=1S/C36H49ClN4O6S/c1-35(2,3)46-34(44)41(24-30(28-15-16-31(37)39-22-28)47-48(9,10)36(4,5)6)18-17-25-11-13-27(14-12-25)32(42)40(7)23-26-19-29(21-38-20-26)33(43)45-8/h11-16,19-22,30H,17-18,23-24H2,1-10H3. The first-order valence-electron chi connectivity index (χ1n) is 15.7. The molecular formula is C36H49ClN4O6S. The van der Waals surface area contributed by atoms with Gasteiger partial charge in [0.15, 0.2) is 0 Å². The molecule has 0 spiro atoms. The van der Waals surface area contributed by atoms with Gasteiger partial charge in [-0.3, -0.25) is 9.78 Å².